The van der Waals surface area contributed by atoms with Gasteiger partial charge in [0.15, 0.2) is 0 Å². The minimum Gasteiger partial charge on any atom is -0.466 e. The van der Waals surface area contributed by atoms with Crippen LogP contribution in [0.5, 0.6) is 0 Å². The second-order valence-electron chi connectivity index (χ2n) is 10.1. The standard InChI is InChI=1S/C30H60O2.Mg.2H/c1-3-5-7-9-11-13-15-16-17-18-19-20-22-24-26-28-30(31)32-29-27-25-23-21-14-12-10-8-6-4-2;;;/h3-29H2,1-2H3;;;. The molecule has 3 heteroatoms. The van der Waals surface area contributed by atoms with Crippen LogP contribution in [-0.2, 0) is 9.53 Å². The smallest absolute Gasteiger partial charge is 0.316 e. The summed E-state index contributed by atoms with van der Waals surface area (Å²) in [5.74, 6) is 0.0237. The van der Waals surface area contributed by atoms with Crippen LogP contribution in [0, 0.1) is 0 Å². The third kappa shape index (κ3) is 32.2. The van der Waals surface area contributed by atoms with E-state index in [0.29, 0.717) is 13.0 Å². The van der Waals surface area contributed by atoms with Crippen molar-refractivity contribution in [1.82, 2.24) is 0 Å². The number of rotatable bonds is 27. The first-order chi connectivity index (χ1) is 15.8. The van der Waals surface area contributed by atoms with Crippen LogP contribution >= 0.6 is 0 Å². The average Bonchev–Trinajstić information content (AvgIpc) is 2.80. The number of carbonyl (C=O) groups is 1. The number of unbranched alkanes of at least 4 members (excludes halogenated alkanes) is 23. The van der Waals surface area contributed by atoms with Crippen LogP contribution in [0.1, 0.15) is 181 Å². The molecule has 196 valence electrons. The molecule has 2 nitrogen and oxygen atoms in total. The maximum Gasteiger partial charge on any atom is 0.316 e. The molecule has 0 aromatic heterocycles. The summed E-state index contributed by atoms with van der Waals surface area (Å²) >= 11 is 0. The molecule has 0 aliphatic rings. The van der Waals surface area contributed by atoms with Crippen LogP contribution in [0.4, 0.5) is 0 Å². The molecule has 0 radical (unpaired) electrons. The Hall–Kier alpha value is 0.236. The summed E-state index contributed by atoms with van der Waals surface area (Å²) in [5, 5.41) is 0. The molecule has 0 aromatic carbocycles. The molecule has 0 fully saturated rings. The van der Waals surface area contributed by atoms with Crippen molar-refractivity contribution in [3.63, 3.8) is 0 Å². The maximum atomic E-state index is 11.8. The Balaban J connectivity index is 0. The molecule has 0 spiro atoms. The molecule has 0 saturated carbocycles. The van der Waals surface area contributed by atoms with Gasteiger partial charge in [-0.15, -0.1) is 0 Å². The molecule has 0 atom stereocenters. The third-order valence-electron chi connectivity index (χ3n) is 6.75. The second kappa shape index (κ2) is 32.2. The molecule has 0 amide bonds. The molecular weight excluding hydrogens is 417 g/mol. The summed E-state index contributed by atoms with van der Waals surface area (Å²) in [6, 6.07) is 0. The Labute approximate surface area is 225 Å². The zero-order valence-corrected chi connectivity index (χ0v) is 22.4. The highest BCUT2D eigenvalue weighted by atomic mass is 24.3. The number of esters is 1. The molecule has 0 aliphatic heterocycles. The lowest BCUT2D eigenvalue weighted by atomic mass is 10.0. The van der Waals surface area contributed by atoms with Gasteiger partial charge in [0.25, 0.3) is 0 Å². The molecule has 0 rings (SSSR count). The van der Waals surface area contributed by atoms with Crippen LogP contribution in [0.2, 0.25) is 0 Å². The van der Waals surface area contributed by atoms with E-state index in [-0.39, 0.29) is 29.0 Å². The van der Waals surface area contributed by atoms with Gasteiger partial charge in [0.1, 0.15) is 0 Å². The van der Waals surface area contributed by atoms with Gasteiger partial charge >= 0.3 is 29.0 Å². The first kappa shape index (κ1) is 35.4. The Morgan fingerprint density at radius 2 is 0.697 bits per heavy atom. The van der Waals surface area contributed by atoms with Gasteiger partial charge in [0.05, 0.1) is 6.61 Å². The van der Waals surface area contributed by atoms with Gasteiger partial charge in [0.2, 0.25) is 0 Å². The minimum atomic E-state index is 0. The van der Waals surface area contributed by atoms with Gasteiger partial charge in [-0.25, -0.2) is 0 Å². The van der Waals surface area contributed by atoms with E-state index >= 15 is 0 Å². The summed E-state index contributed by atoms with van der Waals surface area (Å²) in [6.45, 7) is 5.19. The Bertz CT molecular complexity index is 359. The van der Waals surface area contributed by atoms with Crippen molar-refractivity contribution in [2.75, 3.05) is 6.61 Å². The second-order valence-corrected chi connectivity index (χ2v) is 10.1. The van der Waals surface area contributed by atoms with Crippen LogP contribution in [-0.4, -0.2) is 35.6 Å². The van der Waals surface area contributed by atoms with E-state index in [1.807, 2.05) is 0 Å². The zero-order chi connectivity index (χ0) is 23.4. The first-order valence-electron chi connectivity index (χ1n) is 15.0. The summed E-state index contributed by atoms with van der Waals surface area (Å²) in [7, 11) is 0. The Morgan fingerprint density at radius 3 is 1.03 bits per heavy atom. The number of carbonyl (C=O) groups excluding carboxylic acids is 1. The molecule has 0 N–H and O–H groups in total. The van der Waals surface area contributed by atoms with Crippen molar-refractivity contribution in [3.05, 3.63) is 0 Å². The van der Waals surface area contributed by atoms with Crippen molar-refractivity contribution in [2.24, 2.45) is 0 Å². The molecular formula is C30H62MgO2. The van der Waals surface area contributed by atoms with E-state index in [9.17, 15) is 4.79 Å². The fourth-order valence-corrected chi connectivity index (χ4v) is 4.49. The van der Waals surface area contributed by atoms with Crippen LogP contribution < -0.4 is 0 Å². The quantitative estimate of drug-likeness (QED) is 0.0666. The number of hydrogen-bond acceptors (Lipinski definition) is 2. The highest BCUT2D eigenvalue weighted by Gasteiger charge is 2.02. The van der Waals surface area contributed by atoms with Crippen molar-refractivity contribution in [3.8, 4) is 0 Å². The van der Waals surface area contributed by atoms with Gasteiger partial charge in [-0.3, -0.25) is 4.79 Å². The summed E-state index contributed by atoms with van der Waals surface area (Å²) in [5.41, 5.74) is 0. The summed E-state index contributed by atoms with van der Waals surface area (Å²) in [6.07, 6.45) is 34.2. The van der Waals surface area contributed by atoms with Gasteiger partial charge < -0.3 is 4.74 Å². The molecule has 0 unspecified atom stereocenters. The van der Waals surface area contributed by atoms with Crippen LogP contribution in [0.25, 0.3) is 0 Å². The van der Waals surface area contributed by atoms with Gasteiger partial charge in [-0.1, -0.05) is 162 Å². The fourth-order valence-electron chi connectivity index (χ4n) is 4.49. The predicted molar refractivity (Wildman–Crippen MR) is 151 cm³/mol. The molecule has 0 aromatic rings. The highest BCUT2D eigenvalue weighted by Crippen LogP contribution is 2.14. The van der Waals surface area contributed by atoms with Gasteiger partial charge in [-0.05, 0) is 12.8 Å². The van der Waals surface area contributed by atoms with Crippen molar-refractivity contribution >= 4 is 29.0 Å². The lowest BCUT2D eigenvalue weighted by molar-refractivity contribution is -0.143. The van der Waals surface area contributed by atoms with E-state index in [1.54, 1.807) is 0 Å². The maximum absolute atomic E-state index is 11.8. The highest BCUT2D eigenvalue weighted by molar-refractivity contribution is 5.75. The van der Waals surface area contributed by atoms with Crippen LogP contribution in [0.3, 0.4) is 0 Å². The molecule has 0 bridgehead atoms. The predicted octanol–water partition coefficient (Wildman–Crippen LogP) is 9.80. The summed E-state index contributed by atoms with van der Waals surface area (Å²) < 4.78 is 5.39. The van der Waals surface area contributed by atoms with Crippen LogP contribution in [0.15, 0.2) is 0 Å². The van der Waals surface area contributed by atoms with Crippen molar-refractivity contribution in [2.45, 2.75) is 181 Å². The van der Waals surface area contributed by atoms with Gasteiger partial charge in [0, 0.05) is 6.42 Å². The Morgan fingerprint density at radius 1 is 0.424 bits per heavy atom. The largest absolute Gasteiger partial charge is 0.466 e. The Kier molecular flexibility index (Phi) is 34.6. The first-order valence-corrected chi connectivity index (χ1v) is 15.0. The third-order valence-corrected chi connectivity index (χ3v) is 6.75. The lowest BCUT2D eigenvalue weighted by Gasteiger charge is -2.06. The SMILES string of the molecule is CCCCCCCCCCCCCCCCCC(=O)OCCCCCCCCCCCC.[MgH2]. The fraction of sp³-hybridized carbons (Fsp3) is 0.967. The molecule has 0 heterocycles. The average molecular weight is 479 g/mol. The van der Waals surface area contributed by atoms with Crippen molar-refractivity contribution < 1.29 is 9.53 Å². The zero-order valence-electron chi connectivity index (χ0n) is 22.4. The number of ether oxygens (including phenoxy) is 1. The van der Waals surface area contributed by atoms with Gasteiger partial charge in [-0.2, -0.15) is 0 Å². The van der Waals surface area contributed by atoms with E-state index in [4.69, 9.17) is 4.74 Å². The lowest BCUT2D eigenvalue weighted by Crippen LogP contribution is -2.05. The van der Waals surface area contributed by atoms with E-state index < -0.39 is 0 Å². The molecule has 0 aliphatic carbocycles. The summed E-state index contributed by atoms with van der Waals surface area (Å²) in [4.78, 5) is 11.8. The van der Waals surface area contributed by atoms with E-state index in [2.05, 4.69) is 13.8 Å². The minimum absolute atomic E-state index is 0. The molecule has 0 saturated heterocycles. The van der Waals surface area contributed by atoms with Crippen molar-refractivity contribution in [1.29, 1.82) is 0 Å². The van der Waals surface area contributed by atoms with E-state index in [1.165, 1.54) is 148 Å². The monoisotopic (exact) mass is 478 g/mol. The molecule has 33 heavy (non-hydrogen) atoms. The van der Waals surface area contributed by atoms with E-state index in [0.717, 1.165) is 12.8 Å². The number of hydrogen-bond donors (Lipinski definition) is 0. The normalized spacial score (nSPS) is 10.8. The topological polar surface area (TPSA) is 26.3 Å².